The molecule has 0 radical (unpaired) electrons. The van der Waals surface area contributed by atoms with Crippen LogP contribution in [-0.4, -0.2) is 19.5 Å². The summed E-state index contributed by atoms with van der Waals surface area (Å²) in [7, 11) is 0. The van der Waals surface area contributed by atoms with E-state index < -0.39 is 0 Å². The van der Waals surface area contributed by atoms with E-state index in [1.54, 1.807) is 11.3 Å². The van der Waals surface area contributed by atoms with Crippen molar-refractivity contribution in [2.24, 2.45) is 0 Å². The molecular formula is C34H22OS6. The zero-order valence-electron chi connectivity index (χ0n) is 21.8. The highest BCUT2D eigenvalue weighted by molar-refractivity contribution is 7.84. The van der Waals surface area contributed by atoms with Crippen molar-refractivity contribution in [1.29, 1.82) is 0 Å². The molecule has 0 bridgehead atoms. The fourth-order valence-corrected chi connectivity index (χ4v) is 10.4. The average Bonchev–Trinajstić information content (AvgIpc) is 3.72. The number of fused-ring (bicyclic) bond motifs is 6. The molecule has 3 heterocycles. The highest BCUT2D eigenvalue weighted by atomic mass is 32.1. The second-order valence-electron chi connectivity index (χ2n) is 10.9. The molecule has 1 saturated carbocycles. The number of thiocarbonyl (C=S) groups is 4. The van der Waals surface area contributed by atoms with E-state index in [2.05, 4.69) is 48.6 Å². The van der Waals surface area contributed by atoms with E-state index in [1.165, 1.54) is 39.5 Å². The largest absolute Gasteiger partial charge is 0.481 e. The van der Waals surface area contributed by atoms with Gasteiger partial charge in [0.25, 0.3) is 0 Å². The van der Waals surface area contributed by atoms with Gasteiger partial charge < -0.3 is 4.74 Å². The normalized spacial score (nSPS) is 18.2. The molecule has 7 heteroatoms. The standard InChI is InChI=1S/C34H22OS6/c36-28-20-8-2-3-9-21(20)29(37)24(28)14-18-16-26-32(40-18)33-27(35-34(26)12-6-1-7-13-34)17-19(41-33)15-25-30(38)22-10-4-5-11-23(22)31(25)39/h2-5,8-11,14-17H,1,6-7,12-13H2. The predicted molar refractivity (Wildman–Crippen MR) is 189 cm³/mol. The number of hydrogen-bond donors (Lipinski definition) is 0. The minimum Gasteiger partial charge on any atom is -0.481 e. The molecule has 8 rings (SSSR count). The molecule has 1 fully saturated rings. The number of rotatable bonds is 2. The molecule has 2 aromatic heterocycles. The second kappa shape index (κ2) is 9.76. The summed E-state index contributed by atoms with van der Waals surface area (Å²) >= 11 is 27.0. The van der Waals surface area contributed by atoms with Gasteiger partial charge in [-0.3, -0.25) is 0 Å². The summed E-state index contributed by atoms with van der Waals surface area (Å²) in [5.41, 5.74) is 7.21. The van der Waals surface area contributed by atoms with Gasteiger partial charge in [0.1, 0.15) is 11.4 Å². The van der Waals surface area contributed by atoms with Gasteiger partial charge in [-0.15, -0.1) is 22.7 Å². The first-order valence-electron chi connectivity index (χ1n) is 13.7. The van der Waals surface area contributed by atoms with Crippen LogP contribution in [0.2, 0.25) is 0 Å². The smallest absolute Gasteiger partial charge is 0.140 e. The predicted octanol–water partition coefficient (Wildman–Crippen LogP) is 10.1. The van der Waals surface area contributed by atoms with Crippen LogP contribution in [-0.2, 0) is 5.60 Å². The van der Waals surface area contributed by atoms with Crippen molar-refractivity contribution in [2.45, 2.75) is 37.7 Å². The van der Waals surface area contributed by atoms with Gasteiger partial charge in [0.2, 0.25) is 0 Å². The third-order valence-corrected chi connectivity index (χ3v) is 12.6. The number of benzene rings is 2. The van der Waals surface area contributed by atoms with Crippen LogP contribution in [0.1, 0.15) is 69.7 Å². The highest BCUT2D eigenvalue weighted by Crippen LogP contribution is 2.57. The molecule has 3 aliphatic carbocycles. The minimum absolute atomic E-state index is 0.285. The zero-order chi connectivity index (χ0) is 27.9. The first-order chi connectivity index (χ1) is 19.9. The van der Waals surface area contributed by atoms with Gasteiger partial charge in [0.15, 0.2) is 0 Å². The lowest BCUT2D eigenvalue weighted by Crippen LogP contribution is -2.37. The maximum atomic E-state index is 6.97. The number of thiophene rings is 2. The summed E-state index contributed by atoms with van der Waals surface area (Å²) in [5.74, 6) is 0.976. The Bertz CT molecular complexity index is 1850. The molecule has 1 spiro atoms. The molecule has 2 aromatic carbocycles. The topological polar surface area (TPSA) is 9.23 Å². The third kappa shape index (κ3) is 4.01. The first kappa shape index (κ1) is 26.1. The van der Waals surface area contributed by atoms with Crippen molar-refractivity contribution < 1.29 is 4.74 Å². The quantitative estimate of drug-likeness (QED) is 0.159. The molecule has 200 valence electrons. The van der Waals surface area contributed by atoms with Crippen LogP contribution in [0.4, 0.5) is 0 Å². The van der Waals surface area contributed by atoms with Gasteiger partial charge in [-0.2, -0.15) is 0 Å². The van der Waals surface area contributed by atoms with Gasteiger partial charge in [-0.25, -0.2) is 0 Å². The van der Waals surface area contributed by atoms with Crippen LogP contribution < -0.4 is 4.74 Å². The van der Waals surface area contributed by atoms with Crippen molar-refractivity contribution in [3.8, 4) is 15.5 Å². The fraction of sp³-hybridized carbons (Fsp3) is 0.176. The molecule has 4 aromatic rings. The summed E-state index contributed by atoms with van der Waals surface area (Å²) in [6.45, 7) is 0. The van der Waals surface area contributed by atoms with Crippen LogP contribution >= 0.6 is 71.5 Å². The molecule has 1 aliphatic heterocycles. The Labute approximate surface area is 268 Å². The Morgan fingerprint density at radius 1 is 0.610 bits per heavy atom. The maximum Gasteiger partial charge on any atom is 0.140 e. The Morgan fingerprint density at radius 3 is 1.59 bits per heavy atom. The van der Waals surface area contributed by atoms with Crippen molar-refractivity contribution >= 4 is 103 Å². The molecule has 41 heavy (non-hydrogen) atoms. The van der Waals surface area contributed by atoms with E-state index in [4.69, 9.17) is 53.6 Å². The van der Waals surface area contributed by atoms with E-state index >= 15 is 0 Å². The Balaban J connectivity index is 1.22. The number of hydrogen-bond acceptors (Lipinski definition) is 7. The molecule has 0 N–H and O–H groups in total. The van der Waals surface area contributed by atoms with Crippen LogP contribution in [0.15, 0.2) is 71.8 Å². The molecule has 4 aliphatic rings. The third-order valence-electron chi connectivity index (χ3n) is 8.52. The van der Waals surface area contributed by atoms with E-state index in [9.17, 15) is 0 Å². The molecule has 1 nitrogen and oxygen atoms in total. The van der Waals surface area contributed by atoms with Gasteiger partial charge in [0.05, 0.1) is 29.2 Å². The van der Waals surface area contributed by atoms with Gasteiger partial charge in [-0.1, -0.05) is 104 Å². The SMILES string of the molecule is S=C1C(=Cc2cc3c(s2)-c2sc(C=C4C(=S)c5ccccc5C4=S)cc2C2(CCCCC2)O3)C(=S)c2ccccc21. The summed E-state index contributed by atoms with van der Waals surface area (Å²) in [6.07, 6.45) is 10.0. The zero-order valence-corrected chi connectivity index (χ0v) is 26.7. The van der Waals surface area contributed by atoms with Crippen molar-refractivity contribution in [3.05, 3.63) is 109 Å². The average molecular weight is 639 g/mol. The van der Waals surface area contributed by atoms with E-state index in [-0.39, 0.29) is 5.60 Å². The second-order valence-corrected chi connectivity index (χ2v) is 14.7. The van der Waals surface area contributed by atoms with Crippen LogP contribution in [0.3, 0.4) is 0 Å². The summed E-state index contributed by atoms with van der Waals surface area (Å²) < 4.78 is 6.97. The van der Waals surface area contributed by atoms with Crippen molar-refractivity contribution in [1.82, 2.24) is 0 Å². The van der Waals surface area contributed by atoms with Crippen molar-refractivity contribution in [2.75, 3.05) is 0 Å². The lowest BCUT2D eigenvalue weighted by Gasteiger charge is -2.40. The monoisotopic (exact) mass is 638 g/mol. The van der Waals surface area contributed by atoms with Crippen molar-refractivity contribution in [3.63, 3.8) is 0 Å². The number of allylic oxidation sites excluding steroid dienone is 2. The van der Waals surface area contributed by atoms with E-state index in [0.717, 1.165) is 76.3 Å². The van der Waals surface area contributed by atoms with Gasteiger partial charge >= 0.3 is 0 Å². The number of ether oxygens (including phenoxy) is 1. The lowest BCUT2D eigenvalue weighted by molar-refractivity contribution is 0.0251. The van der Waals surface area contributed by atoms with Gasteiger partial charge in [-0.05, 0) is 50.0 Å². The minimum atomic E-state index is -0.285. The fourth-order valence-electron chi connectivity index (χ4n) is 6.54. The summed E-state index contributed by atoms with van der Waals surface area (Å²) in [5, 5.41) is 0. The van der Waals surface area contributed by atoms with E-state index in [1.807, 2.05) is 35.6 Å². The van der Waals surface area contributed by atoms with E-state index in [0.29, 0.717) is 0 Å². The van der Waals surface area contributed by atoms with Crippen LogP contribution in [0, 0.1) is 0 Å². The molecular weight excluding hydrogens is 617 g/mol. The Hall–Kier alpha value is -2.52. The van der Waals surface area contributed by atoms with Crippen LogP contribution in [0.5, 0.6) is 5.75 Å². The molecule has 0 saturated heterocycles. The highest BCUT2D eigenvalue weighted by Gasteiger charge is 2.44. The Morgan fingerprint density at radius 2 is 1.07 bits per heavy atom. The molecule has 0 unspecified atom stereocenters. The molecule has 0 amide bonds. The summed E-state index contributed by atoms with van der Waals surface area (Å²) in [6, 6.07) is 20.9. The van der Waals surface area contributed by atoms with Crippen LogP contribution in [0.25, 0.3) is 21.9 Å². The first-order valence-corrected chi connectivity index (χ1v) is 17.0. The summed E-state index contributed by atoms with van der Waals surface area (Å²) in [4.78, 5) is 8.13. The molecule has 0 atom stereocenters. The maximum absolute atomic E-state index is 6.97. The lowest BCUT2D eigenvalue weighted by atomic mass is 9.78. The Kier molecular flexibility index (Phi) is 6.22. The van der Waals surface area contributed by atoms with Gasteiger partial charge in [0, 0.05) is 48.7 Å².